The van der Waals surface area contributed by atoms with E-state index in [-0.39, 0.29) is 0 Å². The van der Waals surface area contributed by atoms with Gasteiger partial charge in [0.1, 0.15) is 0 Å². The lowest BCUT2D eigenvalue weighted by Crippen LogP contribution is -2.01. The fraction of sp³-hybridized carbons (Fsp3) is 0.556. The van der Waals surface area contributed by atoms with Gasteiger partial charge in [0.05, 0.1) is 0 Å². The van der Waals surface area contributed by atoms with Crippen molar-refractivity contribution in [3.8, 4) is 0 Å². The summed E-state index contributed by atoms with van der Waals surface area (Å²) in [6, 6.07) is 4.22. The Labute approximate surface area is 71.7 Å². The molecule has 0 aliphatic carbocycles. The number of rotatable bonds is 4. The van der Waals surface area contributed by atoms with E-state index >= 15 is 0 Å². The molecule has 62 valence electrons. The predicted octanol–water partition coefficient (Wildman–Crippen LogP) is 2.31. The lowest BCUT2D eigenvalue weighted by atomic mass is 10.1. The molecule has 1 aromatic heterocycles. The third-order valence-electron chi connectivity index (χ3n) is 1.78. The van der Waals surface area contributed by atoms with Crippen LogP contribution in [0.15, 0.2) is 17.5 Å². The van der Waals surface area contributed by atoms with Gasteiger partial charge in [-0.3, -0.25) is 0 Å². The summed E-state index contributed by atoms with van der Waals surface area (Å²) in [6.45, 7) is 2.39. The molecule has 0 radical (unpaired) electrons. The molecule has 1 aromatic rings. The quantitative estimate of drug-likeness (QED) is 0.735. The lowest BCUT2D eigenvalue weighted by molar-refractivity contribution is 0.231. The second-order valence-corrected chi connectivity index (χ2v) is 3.94. The zero-order valence-electron chi connectivity index (χ0n) is 6.79. The van der Waals surface area contributed by atoms with Gasteiger partial charge in [0.2, 0.25) is 0 Å². The Bertz CT molecular complexity index is 181. The summed E-state index contributed by atoms with van der Waals surface area (Å²) >= 11 is 1.79. The Morgan fingerprint density at radius 3 is 3.00 bits per heavy atom. The van der Waals surface area contributed by atoms with Gasteiger partial charge in [-0.05, 0) is 30.2 Å². The third-order valence-corrected chi connectivity index (χ3v) is 2.71. The Morgan fingerprint density at radius 1 is 1.64 bits per heavy atom. The molecule has 0 aromatic carbocycles. The molecule has 0 bridgehead atoms. The lowest BCUT2D eigenvalue weighted by Gasteiger charge is -2.04. The summed E-state index contributed by atoms with van der Waals surface area (Å²) in [6.07, 6.45) is 2.20. The van der Waals surface area contributed by atoms with Crippen molar-refractivity contribution >= 4 is 11.3 Å². The topological polar surface area (TPSA) is 20.2 Å². The number of aryl methyl sites for hydroxylation is 1. The summed E-state index contributed by atoms with van der Waals surface area (Å²) < 4.78 is 0. The maximum absolute atomic E-state index is 8.77. The SMILES string of the molecule is C[C@H](CO)CCc1cccs1. The molecule has 0 aliphatic heterocycles. The fourth-order valence-electron chi connectivity index (χ4n) is 0.935. The van der Waals surface area contributed by atoms with E-state index in [2.05, 4.69) is 24.4 Å². The maximum Gasteiger partial charge on any atom is 0.0456 e. The van der Waals surface area contributed by atoms with Gasteiger partial charge in [0.15, 0.2) is 0 Å². The molecule has 11 heavy (non-hydrogen) atoms. The van der Waals surface area contributed by atoms with Crippen LogP contribution in [0.1, 0.15) is 18.2 Å². The van der Waals surface area contributed by atoms with Gasteiger partial charge >= 0.3 is 0 Å². The second-order valence-electron chi connectivity index (χ2n) is 2.91. The molecular weight excluding hydrogens is 156 g/mol. The Morgan fingerprint density at radius 2 is 2.45 bits per heavy atom. The van der Waals surface area contributed by atoms with Crippen LogP contribution in [0.25, 0.3) is 0 Å². The molecule has 0 saturated heterocycles. The molecular formula is C9H14OS. The number of hydrogen-bond donors (Lipinski definition) is 1. The van der Waals surface area contributed by atoms with E-state index in [0.29, 0.717) is 12.5 Å². The molecule has 1 nitrogen and oxygen atoms in total. The van der Waals surface area contributed by atoms with Crippen molar-refractivity contribution < 1.29 is 5.11 Å². The molecule has 1 heterocycles. The summed E-state index contributed by atoms with van der Waals surface area (Å²) in [7, 11) is 0. The molecule has 1 N–H and O–H groups in total. The predicted molar refractivity (Wildman–Crippen MR) is 48.9 cm³/mol. The van der Waals surface area contributed by atoms with Crippen LogP contribution in [0.4, 0.5) is 0 Å². The molecule has 1 rings (SSSR count). The Hall–Kier alpha value is -0.340. The first-order valence-corrected chi connectivity index (χ1v) is 4.84. The van der Waals surface area contributed by atoms with Crippen molar-refractivity contribution in [1.82, 2.24) is 0 Å². The monoisotopic (exact) mass is 170 g/mol. The summed E-state index contributed by atoms with van der Waals surface area (Å²) in [5.74, 6) is 0.442. The highest BCUT2D eigenvalue weighted by Crippen LogP contribution is 2.13. The minimum Gasteiger partial charge on any atom is -0.396 e. The van der Waals surface area contributed by atoms with Gasteiger partial charge in [-0.15, -0.1) is 11.3 Å². The van der Waals surface area contributed by atoms with E-state index in [0.717, 1.165) is 12.8 Å². The van der Waals surface area contributed by atoms with Crippen LogP contribution in [-0.2, 0) is 6.42 Å². The van der Waals surface area contributed by atoms with E-state index in [1.807, 2.05) is 0 Å². The van der Waals surface area contributed by atoms with Crippen LogP contribution >= 0.6 is 11.3 Å². The Balaban J connectivity index is 2.23. The van der Waals surface area contributed by atoms with E-state index < -0.39 is 0 Å². The molecule has 0 amide bonds. The maximum atomic E-state index is 8.77. The van der Waals surface area contributed by atoms with E-state index in [1.165, 1.54) is 4.88 Å². The van der Waals surface area contributed by atoms with Gasteiger partial charge < -0.3 is 5.11 Å². The third kappa shape index (κ3) is 3.04. The fourth-order valence-corrected chi connectivity index (χ4v) is 1.66. The highest BCUT2D eigenvalue weighted by atomic mass is 32.1. The Kier molecular flexibility index (Phi) is 3.60. The van der Waals surface area contributed by atoms with Crippen molar-refractivity contribution in [1.29, 1.82) is 0 Å². The number of thiophene rings is 1. The summed E-state index contributed by atoms with van der Waals surface area (Å²) in [5, 5.41) is 10.9. The first-order chi connectivity index (χ1) is 5.33. The first-order valence-electron chi connectivity index (χ1n) is 3.96. The summed E-state index contributed by atoms with van der Waals surface area (Å²) in [5.41, 5.74) is 0. The van der Waals surface area contributed by atoms with Gasteiger partial charge in [-0.2, -0.15) is 0 Å². The van der Waals surface area contributed by atoms with Gasteiger partial charge in [-0.1, -0.05) is 13.0 Å². The van der Waals surface area contributed by atoms with E-state index in [1.54, 1.807) is 11.3 Å². The highest BCUT2D eigenvalue weighted by molar-refractivity contribution is 7.09. The van der Waals surface area contributed by atoms with Crippen LogP contribution in [0.5, 0.6) is 0 Å². The van der Waals surface area contributed by atoms with Crippen LogP contribution in [-0.4, -0.2) is 11.7 Å². The van der Waals surface area contributed by atoms with Gasteiger partial charge in [-0.25, -0.2) is 0 Å². The van der Waals surface area contributed by atoms with Crippen LogP contribution in [0.2, 0.25) is 0 Å². The average Bonchev–Trinajstić information content (AvgIpc) is 2.52. The van der Waals surface area contributed by atoms with Gasteiger partial charge in [0.25, 0.3) is 0 Å². The molecule has 0 fully saturated rings. The minimum atomic E-state index is 0.311. The van der Waals surface area contributed by atoms with Gasteiger partial charge in [0, 0.05) is 11.5 Å². The van der Waals surface area contributed by atoms with Crippen molar-refractivity contribution in [2.24, 2.45) is 5.92 Å². The number of aliphatic hydroxyl groups is 1. The zero-order valence-corrected chi connectivity index (χ0v) is 7.60. The molecule has 0 spiro atoms. The standard InChI is InChI=1S/C9H14OS/c1-8(7-10)4-5-9-3-2-6-11-9/h2-3,6,8,10H,4-5,7H2,1H3/t8-/m0/s1. The molecule has 1 atom stereocenters. The van der Waals surface area contributed by atoms with Crippen molar-refractivity contribution in [2.45, 2.75) is 19.8 Å². The number of aliphatic hydroxyl groups excluding tert-OH is 1. The largest absolute Gasteiger partial charge is 0.396 e. The normalized spacial score (nSPS) is 13.3. The van der Waals surface area contributed by atoms with Crippen molar-refractivity contribution in [3.05, 3.63) is 22.4 Å². The molecule has 2 heteroatoms. The second kappa shape index (κ2) is 4.52. The molecule has 0 saturated carbocycles. The average molecular weight is 170 g/mol. The van der Waals surface area contributed by atoms with Crippen LogP contribution < -0.4 is 0 Å². The van der Waals surface area contributed by atoms with E-state index in [4.69, 9.17) is 5.11 Å². The molecule has 0 unspecified atom stereocenters. The van der Waals surface area contributed by atoms with Crippen molar-refractivity contribution in [2.75, 3.05) is 6.61 Å². The van der Waals surface area contributed by atoms with Crippen LogP contribution in [0.3, 0.4) is 0 Å². The highest BCUT2D eigenvalue weighted by Gasteiger charge is 2.00. The van der Waals surface area contributed by atoms with E-state index in [9.17, 15) is 0 Å². The van der Waals surface area contributed by atoms with Crippen molar-refractivity contribution in [3.63, 3.8) is 0 Å². The zero-order chi connectivity index (χ0) is 8.10. The first kappa shape index (κ1) is 8.75. The minimum absolute atomic E-state index is 0.311. The molecule has 0 aliphatic rings. The summed E-state index contributed by atoms with van der Waals surface area (Å²) in [4.78, 5) is 1.42. The number of hydrogen-bond acceptors (Lipinski definition) is 2. The van der Waals surface area contributed by atoms with Crippen LogP contribution in [0, 0.1) is 5.92 Å². The smallest absolute Gasteiger partial charge is 0.0456 e.